The highest BCUT2D eigenvalue weighted by Crippen LogP contribution is 2.51. The van der Waals surface area contributed by atoms with Gasteiger partial charge in [-0.15, -0.1) is 0 Å². The standard InChI is InChI=1S/C59H40N2/c1-59(2)51-20-9-8-19-47(51)48-32-30-45(36-52(48)59)60(53-21-11-13-38-12-6-7-18-46(38)53)44-28-24-37(25-29-44)41-27-33-54-50(34-41)58-49-31-26-40-15-10-14-39-22-23-42(57(49)56(39)40)35-55(58)61(54)43-16-4-3-5-17-43/h3-36H,1-2H3. The van der Waals surface area contributed by atoms with Crippen LogP contribution in [0.15, 0.2) is 206 Å². The number of aromatic nitrogens is 1. The number of para-hydroxylation sites is 1. The molecular formula is C59H40N2. The van der Waals surface area contributed by atoms with Crippen LogP contribution in [0.4, 0.5) is 17.1 Å². The Bertz CT molecular complexity index is 3700. The van der Waals surface area contributed by atoms with Gasteiger partial charge in [-0.2, -0.15) is 0 Å². The van der Waals surface area contributed by atoms with Gasteiger partial charge in [0.1, 0.15) is 0 Å². The summed E-state index contributed by atoms with van der Waals surface area (Å²) in [6.45, 7) is 4.72. The van der Waals surface area contributed by atoms with Gasteiger partial charge in [0.05, 0.1) is 16.7 Å². The predicted molar refractivity (Wildman–Crippen MR) is 260 cm³/mol. The topological polar surface area (TPSA) is 8.17 Å². The molecular weight excluding hydrogens is 737 g/mol. The molecule has 0 atom stereocenters. The molecule has 0 saturated carbocycles. The van der Waals surface area contributed by atoms with E-state index in [1.807, 2.05) is 0 Å². The Morgan fingerprint density at radius 1 is 0.377 bits per heavy atom. The van der Waals surface area contributed by atoms with E-state index < -0.39 is 0 Å². The van der Waals surface area contributed by atoms with Crippen LogP contribution in [-0.4, -0.2) is 4.57 Å². The van der Waals surface area contributed by atoms with E-state index in [-0.39, 0.29) is 5.41 Å². The summed E-state index contributed by atoms with van der Waals surface area (Å²) in [6.07, 6.45) is 0. The summed E-state index contributed by atoms with van der Waals surface area (Å²) in [5.74, 6) is 0. The highest BCUT2D eigenvalue weighted by molar-refractivity contribution is 6.33. The molecule has 12 aromatic rings. The molecule has 0 aliphatic heterocycles. The van der Waals surface area contributed by atoms with Gasteiger partial charge in [0.25, 0.3) is 0 Å². The van der Waals surface area contributed by atoms with E-state index in [1.165, 1.54) is 110 Å². The highest BCUT2D eigenvalue weighted by atomic mass is 15.1. The molecule has 13 rings (SSSR count). The van der Waals surface area contributed by atoms with Crippen molar-refractivity contribution in [1.82, 2.24) is 4.57 Å². The quantitative estimate of drug-likeness (QED) is 0.158. The first-order chi connectivity index (χ1) is 30.0. The molecule has 1 heterocycles. The number of hydrogen-bond acceptors (Lipinski definition) is 1. The molecule has 1 aliphatic rings. The summed E-state index contributed by atoms with van der Waals surface area (Å²) in [6, 6.07) is 76.7. The smallest absolute Gasteiger partial charge is 0.0553 e. The van der Waals surface area contributed by atoms with Crippen molar-refractivity contribution < 1.29 is 0 Å². The van der Waals surface area contributed by atoms with Crippen molar-refractivity contribution in [2.45, 2.75) is 19.3 Å². The second-order valence-electron chi connectivity index (χ2n) is 17.3. The number of anilines is 3. The first-order valence-corrected chi connectivity index (χ1v) is 21.3. The maximum atomic E-state index is 2.45. The lowest BCUT2D eigenvalue weighted by Gasteiger charge is -2.29. The Kier molecular flexibility index (Phi) is 7.10. The maximum absolute atomic E-state index is 2.45. The molecule has 1 aromatic heterocycles. The van der Waals surface area contributed by atoms with Crippen LogP contribution in [-0.2, 0) is 5.41 Å². The molecule has 2 nitrogen and oxygen atoms in total. The minimum absolute atomic E-state index is 0.103. The SMILES string of the molecule is CC1(C)c2ccccc2-c2ccc(N(c3ccc(-c4ccc5c(c4)c4c6ccc7cccc8ccc(cc4n5-c4ccccc4)c6c87)cc3)c3cccc4ccccc34)cc21. The van der Waals surface area contributed by atoms with Crippen molar-refractivity contribution >= 4 is 82.0 Å². The van der Waals surface area contributed by atoms with Crippen molar-refractivity contribution in [3.05, 3.63) is 217 Å². The lowest BCUT2D eigenvalue weighted by molar-refractivity contribution is 0.660. The summed E-state index contributed by atoms with van der Waals surface area (Å²) < 4.78 is 2.45. The van der Waals surface area contributed by atoms with Crippen molar-refractivity contribution in [2.24, 2.45) is 0 Å². The molecule has 2 heteroatoms. The largest absolute Gasteiger partial charge is 0.310 e. The zero-order valence-electron chi connectivity index (χ0n) is 34.0. The first-order valence-electron chi connectivity index (χ1n) is 21.3. The lowest BCUT2D eigenvalue weighted by Crippen LogP contribution is -2.16. The van der Waals surface area contributed by atoms with E-state index >= 15 is 0 Å². The minimum Gasteiger partial charge on any atom is -0.310 e. The number of rotatable bonds is 5. The van der Waals surface area contributed by atoms with Crippen LogP contribution in [0, 0.1) is 0 Å². The van der Waals surface area contributed by atoms with Gasteiger partial charge in [-0.05, 0) is 132 Å². The minimum atomic E-state index is -0.103. The molecule has 0 fully saturated rings. The molecule has 286 valence electrons. The van der Waals surface area contributed by atoms with Crippen LogP contribution in [0.2, 0.25) is 0 Å². The maximum Gasteiger partial charge on any atom is 0.0553 e. The van der Waals surface area contributed by atoms with Gasteiger partial charge >= 0.3 is 0 Å². The summed E-state index contributed by atoms with van der Waals surface area (Å²) in [7, 11) is 0. The molecule has 61 heavy (non-hydrogen) atoms. The number of benzene rings is 11. The van der Waals surface area contributed by atoms with Gasteiger partial charge in [0.15, 0.2) is 0 Å². The fraction of sp³-hybridized carbons (Fsp3) is 0.0508. The summed E-state index contributed by atoms with van der Waals surface area (Å²) >= 11 is 0. The van der Waals surface area contributed by atoms with E-state index in [0.717, 1.165) is 11.4 Å². The van der Waals surface area contributed by atoms with Crippen molar-refractivity contribution in [3.63, 3.8) is 0 Å². The van der Waals surface area contributed by atoms with E-state index in [9.17, 15) is 0 Å². The van der Waals surface area contributed by atoms with Gasteiger partial charge in [-0.25, -0.2) is 0 Å². The Morgan fingerprint density at radius 2 is 1.05 bits per heavy atom. The fourth-order valence-electron chi connectivity index (χ4n) is 10.8. The third kappa shape index (κ3) is 4.91. The average Bonchev–Trinajstić information content (AvgIpc) is 3.76. The molecule has 0 radical (unpaired) electrons. The Labute approximate surface area is 354 Å². The summed E-state index contributed by atoms with van der Waals surface area (Å²) in [5.41, 5.74) is 14.7. The normalized spacial score (nSPS) is 13.2. The Balaban J connectivity index is 0.993. The van der Waals surface area contributed by atoms with E-state index in [1.54, 1.807) is 0 Å². The van der Waals surface area contributed by atoms with Crippen LogP contribution in [0.5, 0.6) is 0 Å². The molecule has 11 aromatic carbocycles. The average molecular weight is 777 g/mol. The first kappa shape index (κ1) is 34.2. The molecule has 0 amide bonds. The van der Waals surface area contributed by atoms with Crippen molar-refractivity contribution in [3.8, 4) is 27.9 Å². The summed E-state index contributed by atoms with van der Waals surface area (Å²) in [5, 5.41) is 12.8. The van der Waals surface area contributed by atoms with Crippen molar-refractivity contribution in [1.29, 1.82) is 0 Å². The fourth-order valence-corrected chi connectivity index (χ4v) is 10.8. The summed E-state index contributed by atoms with van der Waals surface area (Å²) in [4.78, 5) is 2.45. The molecule has 0 unspecified atom stereocenters. The predicted octanol–water partition coefficient (Wildman–Crippen LogP) is 16.3. The van der Waals surface area contributed by atoms with Crippen molar-refractivity contribution in [2.75, 3.05) is 4.90 Å². The molecule has 1 aliphatic carbocycles. The highest BCUT2D eigenvalue weighted by Gasteiger charge is 2.36. The van der Waals surface area contributed by atoms with Crippen LogP contribution in [0.3, 0.4) is 0 Å². The monoisotopic (exact) mass is 776 g/mol. The number of hydrogen-bond donors (Lipinski definition) is 0. The Hall–Kier alpha value is -7.68. The van der Waals surface area contributed by atoms with Crippen LogP contribution < -0.4 is 4.90 Å². The second kappa shape index (κ2) is 12.7. The van der Waals surface area contributed by atoms with E-state index in [2.05, 4.69) is 230 Å². The van der Waals surface area contributed by atoms with Gasteiger partial charge in [-0.3, -0.25) is 0 Å². The second-order valence-corrected chi connectivity index (χ2v) is 17.3. The Morgan fingerprint density at radius 3 is 1.92 bits per heavy atom. The molecule has 0 spiro atoms. The van der Waals surface area contributed by atoms with Gasteiger partial charge < -0.3 is 9.47 Å². The van der Waals surface area contributed by atoms with Gasteiger partial charge in [0, 0.05) is 38.6 Å². The molecule has 0 bridgehead atoms. The third-order valence-electron chi connectivity index (χ3n) is 13.7. The van der Waals surface area contributed by atoms with Gasteiger partial charge in [0.2, 0.25) is 0 Å². The number of fused-ring (bicyclic) bond motifs is 8. The van der Waals surface area contributed by atoms with E-state index in [4.69, 9.17) is 0 Å². The van der Waals surface area contributed by atoms with Gasteiger partial charge in [-0.1, -0.05) is 159 Å². The third-order valence-corrected chi connectivity index (χ3v) is 13.7. The van der Waals surface area contributed by atoms with Crippen LogP contribution in [0.25, 0.3) is 92.8 Å². The lowest BCUT2D eigenvalue weighted by atomic mass is 9.82. The van der Waals surface area contributed by atoms with E-state index in [0.29, 0.717) is 0 Å². The zero-order valence-corrected chi connectivity index (χ0v) is 34.0. The molecule has 0 N–H and O–H groups in total. The van der Waals surface area contributed by atoms with Crippen LogP contribution in [0.1, 0.15) is 25.0 Å². The van der Waals surface area contributed by atoms with Crippen LogP contribution >= 0.6 is 0 Å². The number of nitrogens with zero attached hydrogens (tertiary/aromatic N) is 2. The zero-order chi connectivity index (χ0) is 40.4. The molecule has 0 saturated heterocycles.